The molecule has 0 aliphatic carbocycles. The molecule has 1 aromatic carbocycles. The van der Waals surface area contributed by atoms with E-state index in [2.05, 4.69) is 57.8 Å². The van der Waals surface area contributed by atoms with Gasteiger partial charge in [0.1, 0.15) is 0 Å². The van der Waals surface area contributed by atoms with E-state index in [1.165, 1.54) is 12.0 Å². The second-order valence-corrected chi connectivity index (χ2v) is 8.19. The lowest BCUT2D eigenvalue weighted by atomic mass is 10.0. The van der Waals surface area contributed by atoms with Gasteiger partial charge in [-0.25, -0.2) is 4.68 Å². The summed E-state index contributed by atoms with van der Waals surface area (Å²) in [4.78, 5) is 6.94. The SMILES string of the molecule is CN=C(NCCc1cnn(-c2ccccc2)c1)NCC(CC(C)C)N1CCOCC1. The van der Waals surface area contributed by atoms with E-state index >= 15 is 0 Å². The van der Waals surface area contributed by atoms with Crippen molar-refractivity contribution in [3.63, 3.8) is 0 Å². The van der Waals surface area contributed by atoms with Gasteiger partial charge in [0.2, 0.25) is 0 Å². The minimum absolute atomic E-state index is 0.497. The van der Waals surface area contributed by atoms with E-state index in [4.69, 9.17) is 4.74 Å². The summed E-state index contributed by atoms with van der Waals surface area (Å²) in [6, 6.07) is 10.7. The number of benzene rings is 1. The van der Waals surface area contributed by atoms with Crippen LogP contribution in [-0.2, 0) is 11.2 Å². The first-order chi connectivity index (χ1) is 14.7. The topological polar surface area (TPSA) is 66.7 Å². The average molecular weight is 413 g/mol. The fourth-order valence-corrected chi connectivity index (χ4v) is 3.82. The maximum Gasteiger partial charge on any atom is 0.191 e. The lowest BCUT2D eigenvalue weighted by Gasteiger charge is -2.35. The number of hydrogen-bond donors (Lipinski definition) is 2. The Morgan fingerprint density at radius 1 is 1.17 bits per heavy atom. The van der Waals surface area contributed by atoms with Crippen LogP contribution in [0.1, 0.15) is 25.8 Å². The van der Waals surface area contributed by atoms with E-state index in [9.17, 15) is 0 Å². The number of guanidine groups is 1. The number of hydrogen-bond acceptors (Lipinski definition) is 4. The second kappa shape index (κ2) is 11.7. The fraction of sp³-hybridized carbons (Fsp3) is 0.565. The van der Waals surface area contributed by atoms with Gasteiger partial charge < -0.3 is 15.4 Å². The zero-order valence-corrected chi connectivity index (χ0v) is 18.6. The van der Waals surface area contributed by atoms with Crippen molar-refractivity contribution >= 4 is 5.96 Å². The molecule has 3 rings (SSSR count). The predicted octanol–water partition coefficient (Wildman–Crippen LogP) is 2.33. The zero-order valence-electron chi connectivity index (χ0n) is 18.6. The molecule has 7 nitrogen and oxygen atoms in total. The Labute approximate surface area is 180 Å². The second-order valence-electron chi connectivity index (χ2n) is 8.19. The molecule has 0 saturated carbocycles. The number of ether oxygens (including phenoxy) is 1. The van der Waals surface area contributed by atoms with Gasteiger partial charge in [-0.15, -0.1) is 0 Å². The van der Waals surface area contributed by atoms with Gasteiger partial charge >= 0.3 is 0 Å². The van der Waals surface area contributed by atoms with Crippen molar-refractivity contribution in [1.82, 2.24) is 25.3 Å². The molecule has 7 heteroatoms. The summed E-state index contributed by atoms with van der Waals surface area (Å²) < 4.78 is 7.44. The third-order valence-electron chi connectivity index (χ3n) is 5.40. The van der Waals surface area contributed by atoms with E-state index < -0.39 is 0 Å². The van der Waals surface area contributed by atoms with Crippen LogP contribution < -0.4 is 10.6 Å². The van der Waals surface area contributed by atoms with Crippen LogP contribution in [0.25, 0.3) is 5.69 Å². The smallest absolute Gasteiger partial charge is 0.191 e. The molecule has 164 valence electrons. The number of nitrogens with one attached hydrogen (secondary N) is 2. The highest BCUT2D eigenvalue weighted by atomic mass is 16.5. The van der Waals surface area contributed by atoms with Crippen LogP contribution in [-0.4, -0.2) is 73.1 Å². The lowest BCUT2D eigenvalue weighted by molar-refractivity contribution is 0.0132. The highest BCUT2D eigenvalue weighted by Gasteiger charge is 2.22. The van der Waals surface area contributed by atoms with Crippen LogP contribution in [0.15, 0.2) is 47.7 Å². The molecule has 0 bridgehead atoms. The molecule has 30 heavy (non-hydrogen) atoms. The molecular formula is C23H36N6O. The summed E-state index contributed by atoms with van der Waals surface area (Å²) in [6.45, 7) is 9.96. The minimum Gasteiger partial charge on any atom is -0.379 e. The Bertz CT molecular complexity index is 767. The molecule has 2 heterocycles. The highest BCUT2D eigenvalue weighted by Crippen LogP contribution is 2.13. The number of aliphatic imine (C=N–C) groups is 1. The van der Waals surface area contributed by atoms with Gasteiger partial charge in [-0.3, -0.25) is 9.89 Å². The molecule has 1 aliphatic heterocycles. The summed E-state index contributed by atoms with van der Waals surface area (Å²) in [5.74, 6) is 1.52. The molecular weight excluding hydrogens is 376 g/mol. The standard InChI is InChI=1S/C23H36N6O/c1-19(2)15-22(28-11-13-30-14-12-28)17-26-23(24-3)25-10-9-20-16-27-29(18-20)21-7-5-4-6-8-21/h4-8,16,18-19,22H,9-15,17H2,1-3H3,(H2,24,25,26). The zero-order chi connectivity index (χ0) is 21.2. The molecule has 0 amide bonds. The van der Waals surface area contributed by atoms with Crippen molar-refractivity contribution in [2.75, 3.05) is 46.4 Å². The summed E-state index contributed by atoms with van der Waals surface area (Å²) in [5, 5.41) is 11.4. The van der Waals surface area contributed by atoms with Crippen molar-refractivity contribution in [1.29, 1.82) is 0 Å². The van der Waals surface area contributed by atoms with Crippen LogP contribution in [0.4, 0.5) is 0 Å². The first kappa shape index (κ1) is 22.3. The molecule has 1 atom stereocenters. The van der Waals surface area contributed by atoms with E-state index in [1.807, 2.05) is 36.1 Å². The summed E-state index contributed by atoms with van der Waals surface area (Å²) >= 11 is 0. The number of morpholine rings is 1. The third kappa shape index (κ3) is 6.85. The molecule has 2 aromatic rings. The Hall–Kier alpha value is -2.38. The van der Waals surface area contributed by atoms with Gasteiger partial charge in [0.25, 0.3) is 0 Å². The first-order valence-corrected chi connectivity index (χ1v) is 11.0. The Balaban J connectivity index is 1.45. The molecule has 1 aromatic heterocycles. The molecule has 0 spiro atoms. The Morgan fingerprint density at radius 2 is 1.93 bits per heavy atom. The van der Waals surface area contributed by atoms with Crippen molar-refractivity contribution in [2.24, 2.45) is 10.9 Å². The van der Waals surface area contributed by atoms with Crippen LogP contribution in [0.2, 0.25) is 0 Å². The largest absolute Gasteiger partial charge is 0.379 e. The van der Waals surface area contributed by atoms with Crippen LogP contribution in [0.5, 0.6) is 0 Å². The molecule has 2 N–H and O–H groups in total. The van der Waals surface area contributed by atoms with Crippen molar-refractivity contribution in [3.8, 4) is 5.69 Å². The van der Waals surface area contributed by atoms with Crippen molar-refractivity contribution < 1.29 is 4.74 Å². The molecule has 1 aliphatic rings. The van der Waals surface area contributed by atoms with Gasteiger partial charge in [0.15, 0.2) is 5.96 Å². The van der Waals surface area contributed by atoms with Gasteiger partial charge in [-0.1, -0.05) is 32.0 Å². The average Bonchev–Trinajstić information content (AvgIpc) is 3.25. The van der Waals surface area contributed by atoms with Crippen molar-refractivity contribution in [3.05, 3.63) is 48.3 Å². The number of aromatic nitrogens is 2. The summed E-state index contributed by atoms with van der Waals surface area (Å²) in [6.07, 6.45) is 6.08. The summed E-state index contributed by atoms with van der Waals surface area (Å²) in [7, 11) is 1.83. The molecule has 1 saturated heterocycles. The maximum absolute atomic E-state index is 5.52. The van der Waals surface area contributed by atoms with Gasteiger partial charge in [-0.2, -0.15) is 5.10 Å². The van der Waals surface area contributed by atoms with E-state index in [-0.39, 0.29) is 0 Å². The normalized spacial score (nSPS) is 16.6. The monoisotopic (exact) mass is 412 g/mol. The predicted molar refractivity (Wildman–Crippen MR) is 122 cm³/mol. The number of para-hydroxylation sites is 1. The first-order valence-electron chi connectivity index (χ1n) is 11.0. The molecule has 0 radical (unpaired) electrons. The van der Waals surface area contributed by atoms with Crippen molar-refractivity contribution in [2.45, 2.75) is 32.7 Å². The van der Waals surface area contributed by atoms with Gasteiger partial charge in [-0.05, 0) is 36.5 Å². The molecule has 1 fully saturated rings. The number of rotatable bonds is 9. The third-order valence-corrected chi connectivity index (χ3v) is 5.40. The van der Waals surface area contributed by atoms with Gasteiger partial charge in [0, 0.05) is 45.5 Å². The number of nitrogens with zero attached hydrogens (tertiary/aromatic N) is 4. The Kier molecular flexibility index (Phi) is 8.71. The van der Waals surface area contributed by atoms with E-state index in [0.717, 1.165) is 57.5 Å². The van der Waals surface area contributed by atoms with Crippen LogP contribution >= 0.6 is 0 Å². The highest BCUT2D eigenvalue weighted by molar-refractivity contribution is 5.79. The van der Waals surface area contributed by atoms with E-state index in [0.29, 0.717) is 12.0 Å². The van der Waals surface area contributed by atoms with E-state index in [1.54, 1.807) is 0 Å². The Morgan fingerprint density at radius 3 is 2.63 bits per heavy atom. The van der Waals surface area contributed by atoms with Crippen LogP contribution in [0, 0.1) is 5.92 Å². The maximum atomic E-state index is 5.52. The molecule has 1 unspecified atom stereocenters. The lowest BCUT2D eigenvalue weighted by Crippen LogP contribution is -2.51. The van der Waals surface area contributed by atoms with Gasteiger partial charge in [0.05, 0.1) is 25.1 Å². The fourth-order valence-electron chi connectivity index (χ4n) is 3.82. The summed E-state index contributed by atoms with van der Waals surface area (Å²) in [5.41, 5.74) is 2.28. The minimum atomic E-state index is 0.497. The van der Waals surface area contributed by atoms with Crippen LogP contribution in [0.3, 0.4) is 0 Å². The quantitative estimate of drug-likeness (QED) is 0.489.